The van der Waals surface area contributed by atoms with Crippen LogP contribution in [0.5, 0.6) is 0 Å². The van der Waals surface area contributed by atoms with Gasteiger partial charge in [0.2, 0.25) is 5.95 Å². The van der Waals surface area contributed by atoms with Crippen LogP contribution in [0.1, 0.15) is 12.8 Å². The van der Waals surface area contributed by atoms with Crippen molar-refractivity contribution in [3.63, 3.8) is 0 Å². The smallest absolute Gasteiger partial charge is 0.244 e. The van der Waals surface area contributed by atoms with E-state index in [4.69, 9.17) is 0 Å². The van der Waals surface area contributed by atoms with Crippen molar-refractivity contribution in [1.29, 1.82) is 0 Å². The molecule has 90 valence electrons. The standard InChI is InChI=1S/C11H16N6/c1-16-6-2-3-9(8-16)14-11-15-12-7-10-4-5-13-17(10)11/h4-5,7,9H,2-3,6,8H2,1H3,(H,14,15). The molecule has 1 aliphatic rings. The van der Waals surface area contributed by atoms with E-state index in [1.54, 1.807) is 16.9 Å². The van der Waals surface area contributed by atoms with Crippen molar-refractivity contribution < 1.29 is 0 Å². The van der Waals surface area contributed by atoms with Crippen molar-refractivity contribution in [2.45, 2.75) is 18.9 Å². The van der Waals surface area contributed by atoms with Gasteiger partial charge in [0.05, 0.1) is 17.9 Å². The molecule has 1 N–H and O–H groups in total. The highest BCUT2D eigenvalue weighted by atomic mass is 15.4. The summed E-state index contributed by atoms with van der Waals surface area (Å²) in [5, 5.41) is 15.8. The first-order chi connectivity index (χ1) is 8.33. The molecule has 0 spiro atoms. The highest BCUT2D eigenvalue weighted by Crippen LogP contribution is 2.13. The molecule has 0 aromatic carbocycles. The Bertz CT molecular complexity index is 507. The van der Waals surface area contributed by atoms with Crippen LogP contribution in [0.25, 0.3) is 5.52 Å². The fourth-order valence-corrected chi connectivity index (χ4v) is 2.33. The highest BCUT2D eigenvalue weighted by Gasteiger charge is 2.18. The number of hydrogen-bond acceptors (Lipinski definition) is 5. The maximum Gasteiger partial charge on any atom is 0.244 e. The molecular formula is C11H16N6. The first kappa shape index (κ1) is 10.5. The number of nitrogens with zero attached hydrogens (tertiary/aromatic N) is 5. The first-order valence-corrected chi connectivity index (χ1v) is 5.93. The molecule has 3 rings (SSSR count). The molecular weight excluding hydrogens is 216 g/mol. The molecule has 0 bridgehead atoms. The zero-order chi connectivity index (χ0) is 11.7. The van der Waals surface area contributed by atoms with E-state index in [1.807, 2.05) is 6.07 Å². The van der Waals surface area contributed by atoms with Gasteiger partial charge in [0.1, 0.15) is 0 Å². The Morgan fingerprint density at radius 3 is 3.29 bits per heavy atom. The van der Waals surface area contributed by atoms with Gasteiger partial charge in [-0.3, -0.25) is 0 Å². The van der Waals surface area contributed by atoms with Crippen molar-refractivity contribution in [3.05, 3.63) is 18.5 Å². The van der Waals surface area contributed by atoms with Gasteiger partial charge in [-0.1, -0.05) is 0 Å². The van der Waals surface area contributed by atoms with Gasteiger partial charge in [-0.05, 0) is 32.5 Å². The fraction of sp³-hybridized carbons (Fsp3) is 0.545. The molecule has 0 saturated carbocycles. The van der Waals surface area contributed by atoms with Gasteiger partial charge in [-0.25, -0.2) is 0 Å². The average Bonchev–Trinajstić information content (AvgIpc) is 2.78. The lowest BCUT2D eigenvalue weighted by molar-refractivity contribution is 0.260. The van der Waals surface area contributed by atoms with E-state index in [-0.39, 0.29) is 0 Å². The number of rotatable bonds is 2. The molecule has 0 amide bonds. The molecule has 2 aromatic rings. The van der Waals surface area contributed by atoms with Gasteiger partial charge < -0.3 is 10.2 Å². The Morgan fingerprint density at radius 1 is 1.47 bits per heavy atom. The number of piperidine rings is 1. The van der Waals surface area contributed by atoms with Crippen LogP contribution in [0, 0.1) is 0 Å². The molecule has 17 heavy (non-hydrogen) atoms. The fourth-order valence-electron chi connectivity index (χ4n) is 2.33. The second-order valence-corrected chi connectivity index (χ2v) is 4.58. The van der Waals surface area contributed by atoms with Crippen molar-refractivity contribution in [3.8, 4) is 0 Å². The van der Waals surface area contributed by atoms with Crippen LogP contribution in [0.3, 0.4) is 0 Å². The summed E-state index contributed by atoms with van der Waals surface area (Å²) < 4.78 is 1.79. The Morgan fingerprint density at radius 2 is 2.41 bits per heavy atom. The number of nitrogens with one attached hydrogen (secondary N) is 1. The molecule has 1 saturated heterocycles. The van der Waals surface area contributed by atoms with Crippen LogP contribution in [0.4, 0.5) is 5.95 Å². The zero-order valence-corrected chi connectivity index (χ0v) is 9.87. The molecule has 6 nitrogen and oxygen atoms in total. The minimum Gasteiger partial charge on any atom is -0.349 e. The average molecular weight is 232 g/mol. The third-order valence-electron chi connectivity index (χ3n) is 3.17. The Hall–Kier alpha value is -1.69. The lowest BCUT2D eigenvalue weighted by Gasteiger charge is -2.30. The van der Waals surface area contributed by atoms with Gasteiger partial charge >= 0.3 is 0 Å². The number of aromatic nitrogens is 4. The zero-order valence-electron chi connectivity index (χ0n) is 9.87. The van der Waals surface area contributed by atoms with Crippen molar-refractivity contribution >= 4 is 11.5 Å². The molecule has 2 aromatic heterocycles. The maximum atomic E-state index is 4.24. The van der Waals surface area contributed by atoms with Gasteiger partial charge in [0, 0.05) is 12.6 Å². The van der Waals surface area contributed by atoms with E-state index in [1.165, 1.54) is 19.4 Å². The molecule has 1 aliphatic heterocycles. The highest BCUT2D eigenvalue weighted by molar-refractivity contribution is 5.47. The third-order valence-corrected chi connectivity index (χ3v) is 3.17. The van der Waals surface area contributed by atoms with E-state index >= 15 is 0 Å². The summed E-state index contributed by atoms with van der Waals surface area (Å²) in [6.45, 7) is 2.22. The van der Waals surface area contributed by atoms with Crippen LogP contribution >= 0.6 is 0 Å². The van der Waals surface area contributed by atoms with Crippen LogP contribution in [0.2, 0.25) is 0 Å². The van der Waals surface area contributed by atoms with E-state index in [0.29, 0.717) is 6.04 Å². The molecule has 0 aliphatic carbocycles. The SMILES string of the molecule is CN1CCCC(Nc2nncc3ccnn23)C1. The summed E-state index contributed by atoms with van der Waals surface area (Å²) in [6, 6.07) is 2.35. The van der Waals surface area contributed by atoms with Crippen LogP contribution in [-0.2, 0) is 0 Å². The van der Waals surface area contributed by atoms with Crippen LogP contribution in [0.15, 0.2) is 18.5 Å². The minimum atomic E-state index is 0.429. The first-order valence-electron chi connectivity index (χ1n) is 5.93. The summed E-state index contributed by atoms with van der Waals surface area (Å²) in [5.41, 5.74) is 0.965. The third kappa shape index (κ3) is 2.08. The second kappa shape index (κ2) is 4.29. The van der Waals surface area contributed by atoms with Gasteiger partial charge in [-0.2, -0.15) is 14.7 Å². The quantitative estimate of drug-likeness (QED) is 0.823. The summed E-state index contributed by atoms with van der Waals surface area (Å²) in [6.07, 6.45) is 5.86. The summed E-state index contributed by atoms with van der Waals surface area (Å²) in [7, 11) is 2.15. The molecule has 0 radical (unpaired) electrons. The van der Waals surface area contributed by atoms with Crippen molar-refractivity contribution in [1.82, 2.24) is 24.7 Å². The minimum absolute atomic E-state index is 0.429. The summed E-state index contributed by atoms with van der Waals surface area (Å²) in [4.78, 5) is 2.33. The predicted molar refractivity (Wildman–Crippen MR) is 64.9 cm³/mol. The number of anilines is 1. The van der Waals surface area contributed by atoms with Crippen molar-refractivity contribution in [2.24, 2.45) is 0 Å². The topological polar surface area (TPSA) is 58.3 Å². The number of hydrogen-bond donors (Lipinski definition) is 1. The molecule has 1 atom stereocenters. The van der Waals surface area contributed by atoms with Gasteiger partial charge in [-0.15, -0.1) is 5.10 Å². The van der Waals surface area contributed by atoms with E-state index in [9.17, 15) is 0 Å². The summed E-state index contributed by atoms with van der Waals surface area (Å²) >= 11 is 0. The van der Waals surface area contributed by atoms with E-state index in [2.05, 4.69) is 32.6 Å². The normalized spacial score (nSPS) is 21.8. The monoisotopic (exact) mass is 232 g/mol. The lowest BCUT2D eigenvalue weighted by Crippen LogP contribution is -2.40. The number of fused-ring (bicyclic) bond motifs is 1. The molecule has 3 heterocycles. The molecule has 1 unspecified atom stereocenters. The number of likely N-dealkylation sites (N-methyl/N-ethyl adjacent to an activating group) is 1. The molecule has 6 heteroatoms. The summed E-state index contributed by atoms with van der Waals surface area (Å²) in [5.74, 6) is 0.729. The Kier molecular flexibility index (Phi) is 2.64. The maximum absolute atomic E-state index is 4.24. The Balaban J connectivity index is 1.82. The predicted octanol–water partition coefficient (Wildman–Crippen LogP) is 0.630. The lowest BCUT2D eigenvalue weighted by atomic mass is 10.1. The van der Waals surface area contributed by atoms with Gasteiger partial charge in [0.25, 0.3) is 0 Å². The second-order valence-electron chi connectivity index (χ2n) is 4.58. The van der Waals surface area contributed by atoms with Gasteiger partial charge in [0.15, 0.2) is 0 Å². The van der Waals surface area contributed by atoms with Crippen LogP contribution < -0.4 is 5.32 Å². The van der Waals surface area contributed by atoms with E-state index in [0.717, 1.165) is 18.0 Å². The largest absolute Gasteiger partial charge is 0.349 e. The van der Waals surface area contributed by atoms with Crippen molar-refractivity contribution in [2.75, 3.05) is 25.5 Å². The van der Waals surface area contributed by atoms with E-state index < -0.39 is 0 Å². The molecule has 1 fully saturated rings. The van der Waals surface area contributed by atoms with Crippen LogP contribution in [-0.4, -0.2) is 50.9 Å². The Labute approximate surface area is 99.6 Å². The number of likely N-dealkylation sites (tertiary alicyclic amines) is 1.